The predicted octanol–water partition coefficient (Wildman–Crippen LogP) is 2.19. The van der Waals surface area contributed by atoms with Crippen LogP contribution in [0.2, 0.25) is 0 Å². The summed E-state index contributed by atoms with van der Waals surface area (Å²) in [6.07, 6.45) is 7.71. The van der Waals surface area contributed by atoms with E-state index in [1.165, 1.54) is 0 Å². The van der Waals surface area contributed by atoms with Crippen LogP contribution < -0.4 is 0 Å². The summed E-state index contributed by atoms with van der Waals surface area (Å²) in [7, 11) is 0. The second-order valence-electron chi connectivity index (χ2n) is 6.30. The van der Waals surface area contributed by atoms with Gasteiger partial charge in [0.05, 0.1) is 37.1 Å². The van der Waals surface area contributed by atoms with E-state index in [-0.39, 0.29) is 18.1 Å². The van der Waals surface area contributed by atoms with Gasteiger partial charge in [-0.15, -0.1) is 0 Å². The highest BCUT2D eigenvalue weighted by Crippen LogP contribution is 2.30. The lowest BCUT2D eigenvalue weighted by Crippen LogP contribution is -2.51. The molecule has 1 aliphatic carbocycles. The molecule has 1 aromatic heterocycles. The van der Waals surface area contributed by atoms with Crippen molar-refractivity contribution in [2.45, 2.75) is 37.8 Å². The molecule has 2 aliphatic rings. The first-order valence-corrected chi connectivity index (χ1v) is 8.31. The van der Waals surface area contributed by atoms with Crippen molar-refractivity contribution in [2.75, 3.05) is 13.2 Å². The van der Waals surface area contributed by atoms with Gasteiger partial charge in [0.25, 0.3) is 0 Å². The van der Waals surface area contributed by atoms with E-state index in [9.17, 15) is 4.79 Å². The number of amides is 1. The van der Waals surface area contributed by atoms with Gasteiger partial charge in [-0.3, -0.25) is 4.79 Å². The molecule has 1 saturated heterocycles. The minimum absolute atomic E-state index is 0.192. The maximum absolute atomic E-state index is 12.7. The quantitative estimate of drug-likeness (QED) is 0.873. The third-order valence-corrected chi connectivity index (χ3v) is 4.81. The molecule has 120 valence electrons. The van der Waals surface area contributed by atoms with Gasteiger partial charge in [-0.05, 0) is 37.0 Å². The summed E-state index contributed by atoms with van der Waals surface area (Å²) in [6, 6.07) is 10.2. The monoisotopic (exact) mass is 311 g/mol. The summed E-state index contributed by atoms with van der Waals surface area (Å²) >= 11 is 0. The molecule has 0 N–H and O–H groups in total. The Morgan fingerprint density at radius 1 is 1.26 bits per heavy atom. The zero-order valence-corrected chi connectivity index (χ0v) is 13.1. The zero-order valence-electron chi connectivity index (χ0n) is 13.1. The van der Waals surface area contributed by atoms with Crippen molar-refractivity contribution in [3.8, 4) is 5.69 Å². The Bertz CT molecular complexity index is 683. The molecule has 1 aromatic carbocycles. The van der Waals surface area contributed by atoms with Gasteiger partial charge in [-0.2, -0.15) is 5.10 Å². The summed E-state index contributed by atoms with van der Waals surface area (Å²) in [6.45, 7) is 1.38. The first-order valence-electron chi connectivity index (χ1n) is 8.31. The predicted molar refractivity (Wildman–Crippen MR) is 86.4 cm³/mol. The molecule has 23 heavy (non-hydrogen) atoms. The molecule has 2 aromatic rings. The molecule has 0 bridgehead atoms. The number of para-hydroxylation sites is 1. The summed E-state index contributed by atoms with van der Waals surface area (Å²) < 4.78 is 7.60. The van der Waals surface area contributed by atoms with Crippen LogP contribution in [-0.2, 0) is 16.0 Å². The van der Waals surface area contributed by atoms with Gasteiger partial charge in [-0.1, -0.05) is 18.2 Å². The van der Waals surface area contributed by atoms with E-state index in [2.05, 4.69) is 5.10 Å². The number of fused-ring (bicyclic) bond motifs is 1. The fraction of sp³-hybridized carbons (Fsp3) is 0.444. The molecule has 2 heterocycles. The Labute approximate surface area is 135 Å². The first-order chi connectivity index (χ1) is 11.3. The summed E-state index contributed by atoms with van der Waals surface area (Å²) in [4.78, 5) is 14.7. The lowest BCUT2D eigenvalue weighted by Gasteiger charge is -2.37. The van der Waals surface area contributed by atoms with Crippen molar-refractivity contribution < 1.29 is 9.53 Å². The molecule has 2 atom stereocenters. The van der Waals surface area contributed by atoms with E-state index in [1.807, 2.05) is 46.1 Å². The van der Waals surface area contributed by atoms with E-state index >= 15 is 0 Å². The van der Waals surface area contributed by atoms with E-state index < -0.39 is 0 Å². The average Bonchev–Trinajstić information content (AvgIpc) is 3.24. The van der Waals surface area contributed by atoms with E-state index in [0.29, 0.717) is 19.6 Å². The van der Waals surface area contributed by atoms with Gasteiger partial charge < -0.3 is 9.64 Å². The molecule has 2 fully saturated rings. The Kier molecular flexibility index (Phi) is 3.87. The normalized spacial score (nSPS) is 23.7. The third kappa shape index (κ3) is 2.88. The smallest absolute Gasteiger partial charge is 0.227 e. The van der Waals surface area contributed by atoms with Crippen molar-refractivity contribution in [3.63, 3.8) is 0 Å². The summed E-state index contributed by atoms with van der Waals surface area (Å²) in [5.41, 5.74) is 1.97. The van der Waals surface area contributed by atoms with E-state index in [0.717, 1.165) is 30.5 Å². The minimum Gasteiger partial charge on any atom is -0.374 e. The van der Waals surface area contributed by atoms with Crippen LogP contribution in [0.15, 0.2) is 42.7 Å². The molecule has 0 radical (unpaired) electrons. The topological polar surface area (TPSA) is 47.4 Å². The van der Waals surface area contributed by atoms with Crippen molar-refractivity contribution in [1.29, 1.82) is 0 Å². The van der Waals surface area contributed by atoms with Gasteiger partial charge in [0, 0.05) is 12.7 Å². The van der Waals surface area contributed by atoms with Crippen LogP contribution in [0.4, 0.5) is 0 Å². The van der Waals surface area contributed by atoms with Crippen molar-refractivity contribution in [3.05, 3.63) is 48.3 Å². The minimum atomic E-state index is 0.192. The average molecular weight is 311 g/mol. The maximum Gasteiger partial charge on any atom is 0.227 e. The number of carbonyl (C=O) groups excluding carboxylic acids is 1. The first kappa shape index (κ1) is 14.5. The number of hydrogen-bond acceptors (Lipinski definition) is 3. The van der Waals surface area contributed by atoms with Crippen LogP contribution in [0.3, 0.4) is 0 Å². The maximum atomic E-state index is 12.7. The highest BCUT2D eigenvalue weighted by molar-refractivity contribution is 5.79. The van der Waals surface area contributed by atoms with Gasteiger partial charge in [0.1, 0.15) is 0 Å². The molecule has 0 unspecified atom stereocenters. The summed E-state index contributed by atoms with van der Waals surface area (Å²) in [5, 5.41) is 4.37. The standard InChI is InChI=1S/C18H21N3O2/c22-18(20-9-10-23-17-8-4-7-16(17)20)11-14-12-19-21(13-14)15-5-2-1-3-6-15/h1-3,5-6,12-13,16-17H,4,7-11H2/t16-,17+/m1/s1. The van der Waals surface area contributed by atoms with E-state index in [1.54, 1.807) is 6.20 Å². The number of ether oxygens (including phenoxy) is 1. The number of rotatable bonds is 3. The molecule has 0 spiro atoms. The lowest BCUT2D eigenvalue weighted by molar-refractivity contribution is -0.143. The summed E-state index contributed by atoms with van der Waals surface area (Å²) in [5.74, 6) is 0.192. The van der Waals surface area contributed by atoms with Crippen LogP contribution in [0.5, 0.6) is 0 Å². The van der Waals surface area contributed by atoms with Crippen molar-refractivity contribution in [2.24, 2.45) is 0 Å². The number of aromatic nitrogens is 2. The molecular formula is C18H21N3O2. The van der Waals surface area contributed by atoms with Gasteiger partial charge in [0.2, 0.25) is 5.91 Å². The van der Waals surface area contributed by atoms with Gasteiger partial charge >= 0.3 is 0 Å². The molecule has 1 amide bonds. The number of morpholine rings is 1. The largest absolute Gasteiger partial charge is 0.374 e. The number of benzene rings is 1. The SMILES string of the molecule is O=C(Cc1cnn(-c2ccccc2)c1)N1CCO[C@H]2CCC[C@H]21. The third-order valence-electron chi connectivity index (χ3n) is 4.81. The fourth-order valence-electron chi connectivity index (χ4n) is 3.68. The Hall–Kier alpha value is -2.14. The molecule has 1 aliphatic heterocycles. The Balaban J connectivity index is 1.46. The Morgan fingerprint density at radius 3 is 3.00 bits per heavy atom. The number of hydrogen-bond donors (Lipinski definition) is 0. The second-order valence-corrected chi connectivity index (χ2v) is 6.30. The molecule has 5 heteroatoms. The van der Waals surface area contributed by atoms with Gasteiger partial charge in [0.15, 0.2) is 0 Å². The highest BCUT2D eigenvalue weighted by Gasteiger charge is 2.38. The number of nitrogens with zero attached hydrogens (tertiary/aromatic N) is 3. The van der Waals surface area contributed by atoms with Crippen molar-refractivity contribution >= 4 is 5.91 Å². The second kappa shape index (κ2) is 6.16. The molecular weight excluding hydrogens is 290 g/mol. The van der Waals surface area contributed by atoms with Crippen LogP contribution in [0.25, 0.3) is 5.69 Å². The van der Waals surface area contributed by atoms with Gasteiger partial charge in [-0.25, -0.2) is 4.68 Å². The van der Waals surface area contributed by atoms with Crippen LogP contribution in [0.1, 0.15) is 24.8 Å². The van der Waals surface area contributed by atoms with Crippen LogP contribution in [0, 0.1) is 0 Å². The highest BCUT2D eigenvalue weighted by atomic mass is 16.5. The zero-order chi connectivity index (χ0) is 15.6. The van der Waals surface area contributed by atoms with Crippen LogP contribution >= 0.6 is 0 Å². The number of carbonyl (C=O) groups is 1. The molecule has 5 nitrogen and oxygen atoms in total. The van der Waals surface area contributed by atoms with E-state index in [4.69, 9.17) is 4.74 Å². The van der Waals surface area contributed by atoms with Crippen molar-refractivity contribution in [1.82, 2.24) is 14.7 Å². The fourth-order valence-corrected chi connectivity index (χ4v) is 3.68. The van der Waals surface area contributed by atoms with Crippen LogP contribution in [-0.4, -0.2) is 45.9 Å². The lowest BCUT2D eigenvalue weighted by atomic mass is 10.1. The Morgan fingerprint density at radius 2 is 2.13 bits per heavy atom. The molecule has 1 saturated carbocycles. The molecule has 4 rings (SSSR count).